The molecule has 1 fully saturated rings. The van der Waals surface area contributed by atoms with E-state index in [4.69, 9.17) is 9.57 Å². The van der Waals surface area contributed by atoms with Crippen molar-refractivity contribution < 1.29 is 27.5 Å². The standard InChI is InChI=1S/C28H30F3N5O3/c1-27(2,3)36-16-18(25(33-36)19-6-7-20(29)24(31)23(19)30)15-35-11-9-28(10-12-35)13-22(34-39-28)21-8-5-17(14-32-21)26(37)38-4/h5-8,14,16H,9-13,15H2,1-4H3. The highest BCUT2D eigenvalue weighted by molar-refractivity contribution is 6.00. The Morgan fingerprint density at radius 1 is 1.10 bits per heavy atom. The summed E-state index contributed by atoms with van der Waals surface area (Å²) in [7, 11) is 1.32. The van der Waals surface area contributed by atoms with E-state index in [-0.39, 0.29) is 11.1 Å². The number of pyridine rings is 1. The number of hydrogen-bond acceptors (Lipinski definition) is 7. The first-order chi connectivity index (χ1) is 18.5. The summed E-state index contributed by atoms with van der Waals surface area (Å²) in [5.74, 6) is -4.44. The molecular weight excluding hydrogens is 511 g/mol. The number of benzene rings is 1. The highest BCUT2D eigenvalue weighted by atomic mass is 19.2. The van der Waals surface area contributed by atoms with Gasteiger partial charge >= 0.3 is 5.97 Å². The zero-order valence-electron chi connectivity index (χ0n) is 22.3. The Morgan fingerprint density at radius 3 is 2.49 bits per heavy atom. The van der Waals surface area contributed by atoms with E-state index in [9.17, 15) is 18.0 Å². The zero-order valence-corrected chi connectivity index (χ0v) is 22.3. The Bertz CT molecular complexity index is 1420. The van der Waals surface area contributed by atoms with E-state index in [1.54, 1.807) is 16.8 Å². The molecule has 0 atom stereocenters. The minimum atomic E-state index is -1.51. The highest BCUT2D eigenvalue weighted by Crippen LogP contribution is 2.37. The van der Waals surface area contributed by atoms with Gasteiger partial charge in [-0.15, -0.1) is 0 Å². The molecule has 4 heterocycles. The number of likely N-dealkylation sites (tertiary alicyclic amines) is 1. The van der Waals surface area contributed by atoms with E-state index in [0.29, 0.717) is 55.8 Å². The van der Waals surface area contributed by atoms with Gasteiger partial charge in [-0.1, -0.05) is 5.16 Å². The number of aromatic nitrogens is 3. The lowest BCUT2D eigenvalue weighted by atomic mass is 9.86. The second-order valence-corrected chi connectivity index (χ2v) is 11.0. The van der Waals surface area contributed by atoms with Gasteiger partial charge in [0.25, 0.3) is 0 Å². The Labute approximate surface area is 224 Å². The summed E-state index contributed by atoms with van der Waals surface area (Å²) in [4.78, 5) is 24.1. The first-order valence-corrected chi connectivity index (χ1v) is 12.7. The molecule has 1 spiro atoms. The molecule has 1 aromatic carbocycles. The fourth-order valence-corrected chi connectivity index (χ4v) is 4.89. The first-order valence-electron chi connectivity index (χ1n) is 12.7. The average molecular weight is 542 g/mol. The van der Waals surface area contributed by atoms with E-state index in [2.05, 4.69) is 20.1 Å². The summed E-state index contributed by atoms with van der Waals surface area (Å²) in [6, 6.07) is 5.53. The van der Waals surface area contributed by atoms with Crippen LogP contribution in [0.3, 0.4) is 0 Å². The number of piperidine rings is 1. The molecule has 39 heavy (non-hydrogen) atoms. The third kappa shape index (κ3) is 5.27. The Balaban J connectivity index is 1.29. The predicted molar refractivity (Wildman–Crippen MR) is 138 cm³/mol. The van der Waals surface area contributed by atoms with Crippen molar-refractivity contribution in [2.75, 3.05) is 20.2 Å². The smallest absolute Gasteiger partial charge is 0.339 e. The van der Waals surface area contributed by atoms with Crippen molar-refractivity contribution in [3.8, 4) is 11.3 Å². The molecule has 1 saturated heterocycles. The summed E-state index contributed by atoms with van der Waals surface area (Å²) >= 11 is 0. The maximum Gasteiger partial charge on any atom is 0.339 e. The summed E-state index contributed by atoms with van der Waals surface area (Å²) in [5, 5.41) is 8.86. The van der Waals surface area contributed by atoms with Crippen LogP contribution in [0.25, 0.3) is 11.3 Å². The molecule has 11 heteroatoms. The Hall–Kier alpha value is -3.73. The van der Waals surface area contributed by atoms with Crippen LogP contribution < -0.4 is 0 Å². The van der Waals surface area contributed by atoms with Crippen molar-refractivity contribution in [3.05, 3.63) is 70.9 Å². The van der Waals surface area contributed by atoms with E-state index in [1.807, 2.05) is 27.0 Å². The molecule has 8 nitrogen and oxygen atoms in total. The van der Waals surface area contributed by atoms with Crippen LogP contribution in [-0.4, -0.2) is 57.1 Å². The largest absolute Gasteiger partial charge is 0.465 e. The molecule has 2 aromatic heterocycles. The highest BCUT2D eigenvalue weighted by Gasteiger charge is 2.43. The van der Waals surface area contributed by atoms with Gasteiger partial charge in [0, 0.05) is 62.4 Å². The van der Waals surface area contributed by atoms with Crippen LogP contribution in [-0.2, 0) is 21.7 Å². The van der Waals surface area contributed by atoms with E-state index in [0.717, 1.165) is 17.3 Å². The molecule has 2 aliphatic heterocycles. The van der Waals surface area contributed by atoms with Crippen molar-refractivity contribution in [1.29, 1.82) is 0 Å². The van der Waals surface area contributed by atoms with Gasteiger partial charge in [-0.2, -0.15) is 5.10 Å². The van der Waals surface area contributed by atoms with Crippen LogP contribution in [0.4, 0.5) is 13.2 Å². The first kappa shape index (κ1) is 26.9. The molecule has 0 amide bonds. The second kappa shape index (κ2) is 10.1. The van der Waals surface area contributed by atoms with Gasteiger partial charge in [0.05, 0.1) is 29.6 Å². The van der Waals surface area contributed by atoms with Gasteiger partial charge < -0.3 is 9.57 Å². The second-order valence-electron chi connectivity index (χ2n) is 11.0. The molecule has 0 radical (unpaired) electrons. The minimum Gasteiger partial charge on any atom is -0.465 e. The van der Waals surface area contributed by atoms with Crippen LogP contribution in [0.15, 0.2) is 41.8 Å². The zero-order chi connectivity index (χ0) is 27.9. The predicted octanol–water partition coefficient (Wildman–Crippen LogP) is 5.06. The Morgan fingerprint density at radius 2 is 1.85 bits per heavy atom. The molecule has 0 unspecified atom stereocenters. The van der Waals surface area contributed by atoms with Gasteiger partial charge in [-0.3, -0.25) is 14.6 Å². The number of carbonyl (C=O) groups is 1. The lowest BCUT2D eigenvalue weighted by Gasteiger charge is -2.37. The summed E-state index contributed by atoms with van der Waals surface area (Å²) < 4.78 is 48.8. The molecule has 5 rings (SSSR count). The molecule has 0 aliphatic carbocycles. The van der Waals surface area contributed by atoms with E-state index >= 15 is 0 Å². The number of ether oxygens (including phenoxy) is 1. The van der Waals surface area contributed by atoms with Crippen molar-refractivity contribution in [1.82, 2.24) is 19.7 Å². The van der Waals surface area contributed by atoms with Crippen LogP contribution in [0.2, 0.25) is 0 Å². The minimum absolute atomic E-state index is 0.0664. The Kier molecular flexibility index (Phi) is 6.96. The molecular formula is C28H30F3N5O3. The number of methoxy groups -OCH3 is 1. The van der Waals surface area contributed by atoms with Crippen LogP contribution in [0.5, 0.6) is 0 Å². The summed E-state index contributed by atoms with van der Waals surface area (Å²) in [6.45, 7) is 7.74. The maximum atomic E-state index is 14.7. The van der Waals surface area contributed by atoms with E-state index in [1.165, 1.54) is 19.4 Å². The van der Waals surface area contributed by atoms with Gasteiger partial charge in [-0.25, -0.2) is 18.0 Å². The topological polar surface area (TPSA) is 81.8 Å². The van der Waals surface area contributed by atoms with Crippen molar-refractivity contribution in [3.63, 3.8) is 0 Å². The fourth-order valence-electron chi connectivity index (χ4n) is 4.89. The number of halogens is 3. The van der Waals surface area contributed by atoms with Crippen LogP contribution in [0, 0.1) is 17.5 Å². The SMILES string of the molecule is COC(=O)c1ccc(C2=NOC3(CCN(Cc4cn(C(C)(C)C)nc4-c4ccc(F)c(F)c4F)CC3)C2)nc1. The molecule has 0 saturated carbocycles. The maximum absolute atomic E-state index is 14.7. The van der Waals surface area contributed by atoms with E-state index < -0.39 is 29.0 Å². The van der Waals surface area contributed by atoms with Gasteiger partial charge in [0.15, 0.2) is 17.5 Å². The number of rotatable bonds is 5. The quantitative estimate of drug-likeness (QED) is 0.332. The van der Waals surface area contributed by atoms with Gasteiger partial charge in [0.2, 0.25) is 0 Å². The molecule has 206 valence electrons. The third-order valence-corrected chi connectivity index (χ3v) is 7.25. The van der Waals surface area contributed by atoms with Crippen molar-refractivity contribution >= 4 is 11.7 Å². The molecule has 0 N–H and O–H groups in total. The number of nitrogens with zero attached hydrogens (tertiary/aromatic N) is 5. The number of carbonyl (C=O) groups excluding carboxylic acids is 1. The third-order valence-electron chi connectivity index (χ3n) is 7.25. The summed E-state index contributed by atoms with van der Waals surface area (Å²) in [6.07, 6.45) is 5.32. The number of hydrogen-bond donors (Lipinski definition) is 0. The van der Waals surface area contributed by atoms with Gasteiger partial charge in [0.1, 0.15) is 11.3 Å². The average Bonchev–Trinajstić information content (AvgIpc) is 3.53. The fraction of sp³-hybridized carbons (Fsp3) is 0.429. The van der Waals surface area contributed by atoms with Crippen molar-refractivity contribution in [2.24, 2.45) is 5.16 Å². The van der Waals surface area contributed by atoms with Crippen LogP contribution in [0.1, 0.15) is 61.6 Å². The summed E-state index contributed by atoms with van der Waals surface area (Å²) in [5.41, 5.74) is 1.86. The monoisotopic (exact) mass is 541 g/mol. The lowest BCUT2D eigenvalue weighted by Crippen LogP contribution is -2.44. The molecule has 2 aliphatic rings. The van der Waals surface area contributed by atoms with Crippen molar-refractivity contribution in [2.45, 2.75) is 57.7 Å². The number of esters is 1. The lowest BCUT2D eigenvalue weighted by molar-refractivity contribution is -0.0626. The molecule has 0 bridgehead atoms. The van der Waals surface area contributed by atoms with Gasteiger partial charge in [-0.05, 0) is 45.0 Å². The normalized spacial score (nSPS) is 17.3. The van der Waals surface area contributed by atoms with Crippen LogP contribution >= 0.6 is 0 Å². The molecule has 3 aromatic rings. The number of oxime groups is 1.